The van der Waals surface area contributed by atoms with Crippen LogP contribution in [0.1, 0.15) is 23.6 Å². The Kier molecular flexibility index (Phi) is 3.99. The van der Waals surface area contributed by atoms with Crippen molar-refractivity contribution in [2.24, 2.45) is 0 Å². The van der Waals surface area contributed by atoms with Crippen molar-refractivity contribution in [3.8, 4) is 17.2 Å². The van der Waals surface area contributed by atoms with Crippen molar-refractivity contribution in [3.63, 3.8) is 0 Å². The van der Waals surface area contributed by atoms with Crippen LogP contribution in [-0.4, -0.2) is 25.7 Å². The number of carbonyl (C=O) groups excluding carboxylic acids is 1. The first-order chi connectivity index (χ1) is 11.8. The fourth-order valence-electron chi connectivity index (χ4n) is 3.12. The van der Waals surface area contributed by atoms with E-state index >= 15 is 0 Å². The highest BCUT2D eigenvalue weighted by Gasteiger charge is 2.22. The number of amides is 1. The minimum absolute atomic E-state index is 0.000314. The predicted octanol–water partition coefficient (Wildman–Crippen LogP) is 2.64. The van der Waals surface area contributed by atoms with Gasteiger partial charge in [0.1, 0.15) is 19.0 Å². The topological polar surface area (TPSA) is 56.8 Å². The summed E-state index contributed by atoms with van der Waals surface area (Å²) in [5.74, 6) is 2.30. The number of nitrogens with one attached hydrogen (secondary N) is 1. The van der Waals surface area contributed by atoms with Crippen molar-refractivity contribution in [2.45, 2.75) is 18.9 Å². The molecule has 0 unspecified atom stereocenters. The Morgan fingerprint density at radius 3 is 2.67 bits per heavy atom. The first-order valence-electron chi connectivity index (χ1n) is 8.19. The van der Waals surface area contributed by atoms with Crippen molar-refractivity contribution in [2.75, 3.05) is 19.8 Å². The average Bonchev–Trinajstić information content (AvgIpc) is 2.62. The standard InChI is InChI=1S/C19H19NO4/c21-19(12-13-5-6-17-18(11-13)24-10-9-23-17)20-15-7-8-22-16-4-2-1-3-14(15)16/h1-6,11,15H,7-10,12H2,(H,20,21)/t15-/m1/s1. The van der Waals surface area contributed by atoms with Crippen molar-refractivity contribution in [3.05, 3.63) is 53.6 Å². The lowest BCUT2D eigenvalue weighted by Gasteiger charge is -2.26. The molecule has 1 atom stereocenters. The zero-order chi connectivity index (χ0) is 16.4. The molecule has 2 aromatic carbocycles. The molecule has 1 N–H and O–H groups in total. The third-order valence-corrected chi connectivity index (χ3v) is 4.27. The molecule has 2 aliphatic rings. The maximum atomic E-state index is 12.4. The van der Waals surface area contributed by atoms with Gasteiger partial charge in [-0.25, -0.2) is 0 Å². The van der Waals surface area contributed by atoms with Gasteiger partial charge in [0.2, 0.25) is 5.91 Å². The average molecular weight is 325 g/mol. The van der Waals surface area contributed by atoms with Gasteiger partial charge in [-0.2, -0.15) is 0 Å². The smallest absolute Gasteiger partial charge is 0.224 e. The number of ether oxygens (including phenoxy) is 3. The summed E-state index contributed by atoms with van der Waals surface area (Å²) in [5.41, 5.74) is 1.95. The molecule has 2 heterocycles. The number of rotatable bonds is 3. The number of para-hydroxylation sites is 1. The fourth-order valence-corrected chi connectivity index (χ4v) is 3.12. The van der Waals surface area contributed by atoms with Crippen LogP contribution < -0.4 is 19.5 Å². The van der Waals surface area contributed by atoms with E-state index in [1.54, 1.807) is 0 Å². The van der Waals surface area contributed by atoms with Gasteiger partial charge in [-0.05, 0) is 23.8 Å². The summed E-state index contributed by atoms with van der Waals surface area (Å²) < 4.78 is 16.7. The fraction of sp³-hybridized carbons (Fsp3) is 0.316. The number of hydrogen-bond donors (Lipinski definition) is 1. The molecule has 0 spiro atoms. The number of benzene rings is 2. The largest absolute Gasteiger partial charge is 0.493 e. The van der Waals surface area contributed by atoms with Crippen LogP contribution in [0.2, 0.25) is 0 Å². The Labute approximate surface area is 140 Å². The minimum atomic E-state index is -0.00613. The second-order valence-corrected chi connectivity index (χ2v) is 5.95. The lowest BCUT2D eigenvalue weighted by atomic mass is 10.00. The second-order valence-electron chi connectivity index (χ2n) is 5.95. The molecule has 0 saturated heterocycles. The summed E-state index contributed by atoms with van der Waals surface area (Å²) in [6.45, 7) is 1.73. The highest BCUT2D eigenvalue weighted by atomic mass is 16.6. The highest BCUT2D eigenvalue weighted by molar-refractivity contribution is 5.79. The summed E-state index contributed by atoms with van der Waals surface area (Å²) in [4.78, 5) is 12.4. The molecule has 4 rings (SSSR count). The number of hydrogen-bond acceptors (Lipinski definition) is 4. The molecule has 2 aromatic rings. The quantitative estimate of drug-likeness (QED) is 0.942. The Hall–Kier alpha value is -2.69. The van der Waals surface area contributed by atoms with E-state index in [1.807, 2.05) is 42.5 Å². The number of fused-ring (bicyclic) bond motifs is 2. The monoisotopic (exact) mass is 325 g/mol. The predicted molar refractivity (Wildman–Crippen MR) is 88.6 cm³/mol. The van der Waals surface area contributed by atoms with Crippen molar-refractivity contribution in [1.29, 1.82) is 0 Å². The lowest BCUT2D eigenvalue weighted by Crippen LogP contribution is -2.33. The molecule has 0 radical (unpaired) electrons. The van der Waals surface area contributed by atoms with Crippen LogP contribution in [0.5, 0.6) is 17.2 Å². The molecule has 0 aliphatic carbocycles. The molecule has 0 fully saturated rings. The van der Waals surface area contributed by atoms with Gasteiger partial charge in [0.25, 0.3) is 0 Å². The van der Waals surface area contributed by atoms with Crippen LogP contribution in [0.25, 0.3) is 0 Å². The van der Waals surface area contributed by atoms with E-state index in [1.165, 1.54) is 0 Å². The van der Waals surface area contributed by atoms with Gasteiger partial charge in [0.15, 0.2) is 11.5 Å². The third-order valence-electron chi connectivity index (χ3n) is 4.27. The third kappa shape index (κ3) is 3.02. The van der Waals surface area contributed by atoms with E-state index in [2.05, 4.69) is 5.32 Å². The van der Waals surface area contributed by atoms with Crippen LogP contribution >= 0.6 is 0 Å². The Morgan fingerprint density at radius 1 is 0.958 bits per heavy atom. The first kappa shape index (κ1) is 14.9. The van der Waals surface area contributed by atoms with Gasteiger partial charge in [0, 0.05) is 12.0 Å². The lowest BCUT2D eigenvalue weighted by molar-refractivity contribution is -0.121. The minimum Gasteiger partial charge on any atom is -0.493 e. The zero-order valence-electron chi connectivity index (χ0n) is 13.3. The van der Waals surface area contributed by atoms with E-state index in [0.717, 1.165) is 29.0 Å². The van der Waals surface area contributed by atoms with E-state index < -0.39 is 0 Å². The van der Waals surface area contributed by atoms with Crippen LogP contribution in [-0.2, 0) is 11.2 Å². The molecule has 124 valence electrons. The van der Waals surface area contributed by atoms with Crippen LogP contribution in [0.4, 0.5) is 0 Å². The molecular weight excluding hydrogens is 306 g/mol. The summed E-state index contributed by atoms with van der Waals surface area (Å²) in [7, 11) is 0. The van der Waals surface area contributed by atoms with Gasteiger partial charge >= 0.3 is 0 Å². The van der Waals surface area contributed by atoms with Crippen molar-refractivity contribution >= 4 is 5.91 Å². The summed E-state index contributed by atoms with van der Waals surface area (Å²) in [6.07, 6.45) is 1.10. The SMILES string of the molecule is O=C(Cc1ccc2c(c1)OCCO2)N[C@@H]1CCOc2ccccc21. The molecule has 0 aromatic heterocycles. The van der Waals surface area contributed by atoms with Gasteiger partial charge < -0.3 is 19.5 Å². The normalized spacial score (nSPS) is 18.2. The van der Waals surface area contributed by atoms with Gasteiger partial charge in [-0.1, -0.05) is 24.3 Å². The van der Waals surface area contributed by atoms with E-state index in [0.29, 0.717) is 32.0 Å². The Morgan fingerprint density at radius 2 is 1.75 bits per heavy atom. The van der Waals surface area contributed by atoms with Crippen molar-refractivity contribution in [1.82, 2.24) is 5.32 Å². The second kappa shape index (κ2) is 6.43. The molecule has 2 aliphatic heterocycles. The Bertz CT molecular complexity index is 759. The van der Waals surface area contributed by atoms with Crippen LogP contribution in [0.15, 0.2) is 42.5 Å². The molecule has 24 heavy (non-hydrogen) atoms. The van der Waals surface area contributed by atoms with Gasteiger partial charge in [-0.15, -0.1) is 0 Å². The highest BCUT2D eigenvalue weighted by Crippen LogP contribution is 2.32. The zero-order valence-corrected chi connectivity index (χ0v) is 13.3. The van der Waals surface area contributed by atoms with E-state index in [-0.39, 0.29) is 11.9 Å². The summed E-state index contributed by atoms with van der Waals surface area (Å²) >= 11 is 0. The summed E-state index contributed by atoms with van der Waals surface area (Å²) in [6, 6.07) is 13.5. The summed E-state index contributed by atoms with van der Waals surface area (Å²) in [5, 5.41) is 3.11. The molecular formula is C19H19NO4. The molecule has 0 saturated carbocycles. The molecule has 5 nitrogen and oxygen atoms in total. The molecule has 1 amide bonds. The van der Waals surface area contributed by atoms with E-state index in [4.69, 9.17) is 14.2 Å². The maximum Gasteiger partial charge on any atom is 0.224 e. The molecule has 5 heteroatoms. The van der Waals surface area contributed by atoms with Crippen molar-refractivity contribution < 1.29 is 19.0 Å². The van der Waals surface area contributed by atoms with Gasteiger partial charge in [-0.3, -0.25) is 4.79 Å². The van der Waals surface area contributed by atoms with Crippen LogP contribution in [0, 0.1) is 0 Å². The van der Waals surface area contributed by atoms with Gasteiger partial charge in [0.05, 0.1) is 19.1 Å². The molecule has 0 bridgehead atoms. The number of carbonyl (C=O) groups is 1. The maximum absolute atomic E-state index is 12.4. The Balaban J connectivity index is 1.44. The van der Waals surface area contributed by atoms with E-state index in [9.17, 15) is 4.79 Å². The van der Waals surface area contributed by atoms with Crippen LogP contribution in [0.3, 0.4) is 0 Å². The first-order valence-corrected chi connectivity index (χ1v) is 8.19.